The molecule has 5 aromatic rings. The minimum absolute atomic E-state index is 0.108. The van der Waals surface area contributed by atoms with Crippen molar-refractivity contribution in [3.8, 4) is 22.7 Å². The number of aryl methyl sites for hydroxylation is 2. The monoisotopic (exact) mass is 508 g/mol. The number of fused-ring (bicyclic) bond motifs is 2. The molecule has 6 rings (SSSR count). The second-order valence-corrected chi connectivity index (χ2v) is 9.38. The lowest BCUT2D eigenvalue weighted by Gasteiger charge is -2.19. The number of phenolic OH excluding ortho intramolecular Hbond substituents is 1. The Bertz CT molecular complexity index is 1840. The van der Waals surface area contributed by atoms with E-state index in [0.717, 1.165) is 27.9 Å². The predicted octanol–water partition coefficient (Wildman–Crippen LogP) is 4.45. The minimum atomic E-state index is -0.726. The normalized spacial score (nSPS) is 12.8. The van der Waals surface area contributed by atoms with Crippen molar-refractivity contribution in [3.05, 3.63) is 105 Å². The van der Waals surface area contributed by atoms with Gasteiger partial charge in [-0.2, -0.15) is 5.10 Å². The lowest BCUT2D eigenvalue weighted by atomic mass is 10.0. The number of aromatic hydroxyl groups is 1. The second-order valence-electron chi connectivity index (χ2n) is 9.38. The first kappa shape index (κ1) is 23.5. The molecule has 190 valence electrons. The summed E-state index contributed by atoms with van der Waals surface area (Å²) in [4.78, 5) is 18.3. The Hall–Kier alpha value is -4.92. The van der Waals surface area contributed by atoms with Gasteiger partial charge in [0, 0.05) is 11.3 Å². The molecule has 1 aliphatic rings. The maximum atomic E-state index is 14.0. The van der Waals surface area contributed by atoms with Crippen LogP contribution in [0.5, 0.6) is 5.75 Å². The zero-order valence-corrected chi connectivity index (χ0v) is 20.9. The topological polar surface area (TPSA) is 110 Å². The molecule has 0 bridgehead atoms. The van der Waals surface area contributed by atoms with Gasteiger partial charge in [-0.05, 0) is 60.7 Å². The van der Waals surface area contributed by atoms with Crippen LogP contribution in [-0.4, -0.2) is 32.0 Å². The first-order chi connectivity index (χ1) is 18.3. The molecule has 8 nitrogen and oxygen atoms in total. The number of anilines is 1. The lowest BCUT2D eigenvalue weighted by molar-refractivity contribution is 0.432. The maximum absolute atomic E-state index is 14.0. The van der Waals surface area contributed by atoms with Gasteiger partial charge in [0.1, 0.15) is 24.0 Å². The highest BCUT2D eigenvalue weighted by atomic mass is 19.1. The number of aliphatic imine (C=N–C) groups is 1. The van der Waals surface area contributed by atoms with Crippen LogP contribution in [0.25, 0.3) is 27.7 Å². The van der Waals surface area contributed by atoms with E-state index >= 15 is 0 Å². The molecular weight excluding hydrogens is 483 g/mol. The second kappa shape index (κ2) is 8.88. The fourth-order valence-electron chi connectivity index (χ4n) is 5.08. The fourth-order valence-corrected chi connectivity index (χ4v) is 5.08. The van der Waals surface area contributed by atoms with E-state index in [2.05, 4.69) is 10.3 Å². The van der Waals surface area contributed by atoms with Gasteiger partial charge in [-0.15, -0.1) is 0 Å². The molecule has 0 aliphatic carbocycles. The first-order valence-corrected chi connectivity index (χ1v) is 12.2. The Morgan fingerprint density at radius 1 is 1.05 bits per heavy atom. The van der Waals surface area contributed by atoms with Crippen LogP contribution in [0, 0.1) is 19.7 Å². The van der Waals surface area contributed by atoms with Crippen molar-refractivity contribution >= 4 is 22.4 Å². The average molecular weight is 509 g/mol. The summed E-state index contributed by atoms with van der Waals surface area (Å²) in [5.74, 6) is -0.294. The molecule has 0 fully saturated rings. The van der Waals surface area contributed by atoms with Crippen molar-refractivity contribution in [1.82, 2.24) is 14.3 Å². The van der Waals surface area contributed by atoms with Crippen molar-refractivity contribution < 1.29 is 9.50 Å². The first-order valence-electron chi connectivity index (χ1n) is 12.2. The van der Waals surface area contributed by atoms with Gasteiger partial charge in [0.05, 0.1) is 23.2 Å². The molecule has 0 unspecified atom stereocenters. The molecule has 0 amide bonds. The van der Waals surface area contributed by atoms with Crippen LogP contribution < -0.4 is 16.6 Å². The third kappa shape index (κ3) is 3.71. The number of nitrogens with zero attached hydrogens (tertiary/aromatic N) is 4. The van der Waals surface area contributed by atoms with Crippen molar-refractivity contribution in [1.29, 1.82) is 0 Å². The van der Waals surface area contributed by atoms with E-state index in [4.69, 9.17) is 10.8 Å². The summed E-state index contributed by atoms with van der Waals surface area (Å²) in [7, 11) is 0. The molecule has 0 saturated heterocycles. The number of pyridine rings is 1. The molecule has 0 spiro atoms. The number of nitrogens with one attached hydrogen (secondary N) is 1. The predicted molar refractivity (Wildman–Crippen MR) is 147 cm³/mol. The Morgan fingerprint density at radius 2 is 1.84 bits per heavy atom. The number of amidine groups is 1. The molecule has 2 aromatic heterocycles. The third-order valence-electron chi connectivity index (χ3n) is 6.92. The smallest absolute Gasteiger partial charge is 0.263 e. The molecule has 38 heavy (non-hydrogen) atoms. The van der Waals surface area contributed by atoms with Crippen LogP contribution in [-0.2, 0) is 6.54 Å². The third-order valence-corrected chi connectivity index (χ3v) is 6.92. The van der Waals surface area contributed by atoms with E-state index in [1.807, 2.05) is 62.4 Å². The van der Waals surface area contributed by atoms with Gasteiger partial charge in [0.15, 0.2) is 11.6 Å². The van der Waals surface area contributed by atoms with Gasteiger partial charge in [-0.1, -0.05) is 36.4 Å². The molecule has 0 radical (unpaired) electrons. The van der Waals surface area contributed by atoms with E-state index in [1.54, 1.807) is 9.25 Å². The van der Waals surface area contributed by atoms with Crippen LogP contribution in [0.15, 0.2) is 76.5 Å². The lowest BCUT2D eigenvalue weighted by Crippen LogP contribution is -2.26. The summed E-state index contributed by atoms with van der Waals surface area (Å²) in [5.41, 5.74) is 11.1. The van der Waals surface area contributed by atoms with Crippen molar-refractivity contribution in [2.45, 2.75) is 20.4 Å². The zero-order valence-electron chi connectivity index (χ0n) is 20.9. The summed E-state index contributed by atoms with van der Waals surface area (Å²) >= 11 is 0. The van der Waals surface area contributed by atoms with Gasteiger partial charge in [0.2, 0.25) is 0 Å². The Kier molecular flexibility index (Phi) is 5.48. The Labute approximate surface area is 217 Å². The molecule has 1 aliphatic heterocycles. The van der Waals surface area contributed by atoms with Crippen LogP contribution in [0.4, 0.5) is 10.2 Å². The number of hydrogen-bond donors (Lipinski definition) is 3. The molecule has 9 heteroatoms. The summed E-state index contributed by atoms with van der Waals surface area (Å²) in [6, 6.07) is 19.6. The van der Waals surface area contributed by atoms with Crippen molar-refractivity contribution in [3.63, 3.8) is 0 Å². The van der Waals surface area contributed by atoms with Gasteiger partial charge < -0.3 is 16.2 Å². The molecule has 0 atom stereocenters. The number of benzene rings is 3. The van der Waals surface area contributed by atoms with Gasteiger partial charge >= 0.3 is 0 Å². The molecule has 4 N–H and O–H groups in total. The van der Waals surface area contributed by atoms with E-state index in [9.17, 15) is 14.3 Å². The molecule has 0 saturated carbocycles. The summed E-state index contributed by atoms with van der Waals surface area (Å²) in [6.45, 7) is 4.41. The van der Waals surface area contributed by atoms with E-state index in [-0.39, 0.29) is 24.6 Å². The standard InChI is InChI=1S/C29H25FN6O2/c1-16-6-3-4-9-22(16)36-20(12-18-8-5-7-17(2)24(18)29(36)38)14-35-28-25(27(31)32-15-33-28)26(34-35)19-10-11-21(30)23(37)13-19/h3-13,33,37H,14-15H2,1-2H3,(H2,31,32). The van der Waals surface area contributed by atoms with Gasteiger partial charge in [-0.3, -0.25) is 9.36 Å². The average Bonchev–Trinajstić information content (AvgIpc) is 3.26. The highest BCUT2D eigenvalue weighted by Crippen LogP contribution is 2.33. The van der Waals surface area contributed by atoms with Crippen LogP contribution in [0.2, 0.25) is 0 Å². The largest absolute Gasteiger partial charge is 0.505 e. The van der Waals surface area contributed by atoms with E-state index in [0.29, 0.717) is 28.0 Å². The highest BCUT2D eigenvalue weighted by Gasteiger charge is 2.26. The minimum Gasteiger partial charge on any atom is -0.505 e. The highest BCUT2D eigenvalue weighted by molar-refractivity contribution is 6.08. The van der Waals surface area contributed by atoms with Gasteiger partial charge in [-0.25, -0.2) is 14.1 Å². The van der Waals surface area contributed by atoms with Crippen LogP contribution in [0.1, 0.15) is 22.4 Å². The Balaban J connectivity index is 1.59. The molecular formula is C29H25FN6O2. The van der Waals surface area contributed by atoms with Crippen molar-refractivity contribution in [2.75, 3.05) is 12.0 Å². The number of aromatic nitrogens is 3. The van der Waals surface area contributed by atoms with E-state index < -0.39 is 11.6 Å². The SMILES string of the molecule is Cc1ccccc1-n1c(Cn2nc(-c3ccc(F)c(O)c3)c3c2NCN=C3N)cc2cccc(C)c2c1=O. The van der Waals surface area contributed by atoms with E-state index in [1.165, 1.54) is 18.2 Å². The van der Waals surface area contributed by atoms with Crippen LogP contribution >= 0.6 is 0 Å². The summed E-state index contributed by atoms with van der Waals surface area (Å²) < 4.78 is 17.3. The van der Waals surface area contributed by atoms with Gasteiger partial charge in [0.25, 0.3) is 5.56 Å². The number of nitrogens with two attached hydrogens (primary N) is 1. The fraction of sp³-hybridized carbons (Fsp3) is 0.138. The van der Waals surface area contributed by atoms with Crippen molar-refractivity contribution in [2.24, 2.45) is 10.7 Å². The van der Waals surface area contributed by atoms with Crippen LogP contribution in [0.3, 0.4) is 0 Å². The Morgan fingerprint density at radius 3 is 2.63 bits per heavy atom. The summed E-state index contributed by atoms with van der Waals surface area (Å²) in [5, 5.41) is 19.5. The number of phenols is 1. The number of halogens is 1. The molecule has 3 heterocycles. The number of rotatable bonds is 4. The maximum Gasteiger partial charge on any atom is 0.263 e. The zero-order chi connectivity index (χ0) is 26.6. The summed E-state index contributed by atoms with van der Waals surface area (Å²) in [6.07, 6.45) is 0. The molecule has 3 aromatic carbocycles. The quantitative estimate of drug-likeness (QED) is 0.332. The number of para-hydroxylation sites is 1. The number of hydrogen-bond acceptors (Lipinski definition) is 6.